The van der Waals surface area contributed by atoms with Crippen molar-refractivity contribution in [1.82, 2.24) is 4.90 Å². The summed E-state index contributed by atoms with van der Waals surface area (Å²) in [4.78, 5) is 12.7. The zero-order chi connectivity index (χ0) is 25.3. The molecule has 0 bridgehead atoms. The van der Waals surface area contributed by atoms with Crippen LogP contribution in [0, 0.1) is 0 Å². The largest absolute Gasteiger partial charge is 0.505 e. The maximum absolute atomic E-state index is 10.6. The molecule has 0 fully saturated rings. The molecule has 6 nitrogen and oxygen atoms in total. The van der Waals surface area contributed by atoms with Gasteiger partial charge in [0.2, 0.25) is 0 Å². The first-order valence-corrected chi connectivity index (χ1v) is 14.4. The normalized spacial score (nSPS) is 13.3. The summed E-state index contributed by atoms with van der Waals surface area (Å²) < 4.78 is 4.62. The van der Waals surface area contributed by atoms with Crippen LogP contribution in [0.15, 0.2) is 0 Å². The average molecular weight is 488 g/mol. The van der Waals surface area contributed by atoms with Gasteiger partial charge < -0.3 is 20.1 Å². The Morgan fingerprint density at radius 1 is 0.647 bits per heavy atom. The molecule has 0 aromatic heterocycles. The van der Waals surface area contributed by atoms with Crippen molar-refractivity contribution in [2.45, 2.75) is 148 Å². The fourth-order valence-electron chi connectivity index (χ4n) is 4.51. The number of aliphatic hydroxyl groups excluding tert-OH is 2. The molecule has 3 N–H and O–H groups in total. The zero-order valence-electron chi connectivity index (χ0n) is 22.5. The van der Waals surface area contributed by atoms with Crippen LogP contribution in [0.1, 0.15) is 136 Å². The van der Waals surface area contributed by atoms with Gasteiger partial charge >= 0.3 is 6.16 Å². The number of rotatable bonds is 26. The molecular formula is C28H57NO5. The summed E-state index contributed by atoms with van der Waals surface area (Å²) in [7, 11) is 0. The Morgan fingerprint density at radius 2 is 1.03 bits per heavy atom. The van der Waals surface area contributed by atoms with Crippen LogP contribution in [0.2, 0.25) is 0 Å². The number of ether oxygens (including phenoxy) is 1. The van der Waals surface area contributed by atoms with Gasteiger partial charge in [-0.3, -0.25) is 4.90 Å². The lowest BCUT2D eigenvalue weighted by Crippen LogP contribution is -2.39. The lowest BCUT2D eigenvalue weighted by Gasteiger charge is -2.27. The number of aliphatic hydroxyl groups is 2. The Kier molecular flexibility index (Phi) is 24.6. The highest BCUT2D eigenvalue weighted by Gasteiger charge is 2.16. The smallest absolute Gasteiger partial charge is 0.450 e. The molecule has 0 radical (unpaired) electrons. The second-order valence-corrected chi connectivity index (χ2v) is 10.1. The first kappa shape index (κ1) is 33.1. The maximum atomic E-state index is 10.6. The van der Waals surface area contributed by atoms with E-state index in [1.807, 2.05) is 0 Å². The Labute approximate surface area is 210 Å². The first-order valence-electron chi connectivity index (χ1n) is 14.4. The molecule has 204 valence electrons. The second kappa shape index (κ2) is 25.2. The van der Waals surface area contributed by atoms with E-state index in [1.165, 1.54) is 77.0 Å². The second-order valence-electron chi connectivity index (χ2n) is 10.1. The summed E-state index contributed by atoms with van der Waals surface area (Å²) in [6.07, 6.45) is 20.0. The molecule has 0 heterocycles. The first-order chi connectivity index (χ1) is 16.5. The Balaban J connectivity index is 4.13. The standard InChI is InChI=1S/C28H57NO5/c1-3-5-7-9-11-13-15-17-20-26(30)24-29(22-19-23-34-28(32)33)25-27(31)21-18-16-14-12-10-8-6-4-2/h26-27,30-31H,3-25H2,1-2H3,(H,32,33). The van der Waals surface area contributed by atoms with Crippen LogP contribution in [0.5, 0.6) is 0 Å². The van der Waals surface area contributed by atoms with Gasteiger partial charge in [0.25, 0.3) is 0 Å². The third-order valence-electron chi connectivity index (χ3n) is 6.56. The molecule has 0 aliphatic carbocycles. The van der Waals surface area contributed by atoms with Gasteiger partial charge in [0.15, 0.2) is 0 Å². The Hall–Kier alpha value is -0.850. The lowest BCUT2D eigenvalue weighted by molar-refractivity contribution is 0.0515. The highest BCUT2D eigenvalue weighted by atomic mass is 16.7. The van der Waals surface area contributed by atoms with Crippen LogP contribution in [-0.4, -0.2) is 64.8 Å². The van der Waals surface area contributed by atoms with Gasteiger partial charge in [0.1, 0.15) is 0 Å². The molecule has 34 heavy (non-hydrogen) atoms. The predicted octanol–water partition coefficient (Wildman–Crippen LogP) is 7.16. The van der Waals surface area contributed by atoms with E-state index < -0.39 is 18.4 Å². The van der Waals surface area contributed by atoms with E-state index >= 15 is 0 Å². The van der Waals surface area contributed by atoms with Crippen molar-refractivity contribution in [1.29, 1.82) is 0 Å². The molecule has 6 heteroatoms. The summed E-state index contributed by atoms with van der Waals surface area (Å²) in [5, 5.41) is 29.7. The molecule has 2 atom stereocenters. The van der Waals surface area contributed by atoms with Crippen molar-refractivity contribution in [2.75, 3.05) is 26.2 Å². The maximum Gasteiger partial charge on any atom is 0.505 e. The van der Waals surface area contributed by atoms with Crippen LogP contribution in [0.25, 0.3) is 0 Å². The molecule has 0 aromatic rings. The number of hydrogen-bond donors (Lipinski definition) is 3. The minimum atomic E-state index is -1.25. The van der Waals surface area contributed by atoms with E-state index in [1.54, 1.807) is 0 Å². The summed E-state index contributed by atoms with van der Waals surface area (Å²) >= 11 is 0. The minimum absolute atomic E-state index is 0.147. The predicted molar refractivity (Wildman–Crippen MR) is 142 cm³/mol. The lowest BCUT2D eigenvalue weighted by atomic mass is 10.0. The summed E-state index contributed by atoms with van der Waals surface area (Å²) in [6, 6.07) is 0. The molecule has 0 aliphatic rings. The van der Waals surface area contributed by atoms with Gasteiger partial charge in [-0.1, -0.05) is 117 Å². The van der Waals surface area contributed by atoms with E-state index in [2.05, 4.69) is 23.5 Å². The summed E-state index contributed by atoms with van der Waals surface area (Å²) in [6.45, 7) is 6.29. The molecule has 0 rings (SSSR count). The van der Waals surface area contributed by atoms with Gasteiger partial charge in [-0.05, 0) is 19.3 Å². The van der Waals surface area contributed by atoms with Crippen molar-refractivity contribution < 1.29 is 24.9 Å². The third kappa shape index (κ3) is 24.3. The van der Waals surface area contributed by atoms with Gasteiger partial charge in [0, 0.05) is 19.6 Å². The quantitative estimate of drug-likeness (QED) is 0.0886. The highest BCUT2D eigenvalue weighted by molar-refractivity contribution is 5.56. The fraction of sp³-hybridized carbons (Fsp3) is 0.964. The number of nitrogens with zero attached hydrogens (tertiary/aromatic N) is 1. The van der Waals surface area contributed by atoms with Crippen LogP contribution in [-0.2, 0) is 4.74 Å². The topological polar surface area (TPSA) is 90.2 Å². The van der Waals surface area contributed by atoms with Gasteiger partial charge in [-0.25, -0.2) is 4.79 Å². The number of carbonyl (C=O) groups is 1. The summed E-state index contributed by atoms with van der Waals surface area (Å²) in [5.74, 6) is 0. The van der Waals surface area contributed by atoms with Crippen LogP contribution in [0.4, 0.5) is 4.79 Å². The van der Waals surface area contributed by atoms with E-state index in [-0.39, 0.29) is 6.61 Å². The van der Waals surface area contributed by atoms with Crippen molar-refractivity contribution in [3.63, 3.8) is 0 Å². The highest BCUT2D eigenvalue weighted by Crippen LogP contribution is 2.14. The van der Waals surface area contributed by atoms with Crippen molar-refractivity contribution >= 4 is 6.16 Å². The number of unbranched alkanes of at least 4 members (excludes halogenated alkanes) is 14. The van der Waals surface area contributed by atoms with Crippen molar-refractivity contribution in [2.24, 2.45) is 0 Å². The fourth-order valence-corrected chi connectivity index (χ4v) is 4.51. The van der Waals surface area contributed by atoms with E-state index in [4.69, 9.17) is 5.11 Å². The van der Waals surface area contributed by atoms with Crippen LogP contribution < -0.4 is 0 Å². The molecule has 0 saturated carbocycles. The SMILES string of the molecule is CCCCCCCCCCC(O)CN(CCCOC(=O)O)CC(O)CCCCCCCCCC. The third-order valence-corrected chi connectivity index (χ3v) is 6.56. The van der Waals surface area contributed by atoms with Crippen molar-refractivity contribution in [3.8, 4) is 0 Å². The van der Waals surface area contributed by atoms with Gasteiger partial charge in [-0.15, -0.1) is 0 Å². The molecule has 0 amide bonds. The molecule has 2 unspecified atom stereocenters. The number of carboxylic acid groups (broad SMARTS) is 1. The molecule has 0 saturated heterocycles. The molecule has 0 aromatic carbocycles. The average Bonchev–Trinajstić information content (AvgIpc) is 2.80. The van der Waals surface area contributed by atoms with E-state index in [0.29, 0.717) is 26.1 Å². The minimum Gasteiger partial charge on any atom is -0.450 e. The van der Waals surface area contributed by atoms with Crippen LogP contribution in [0.3, 0.4) is 0 Å². The zero-order valence-corrected chi connectivity index (χ0v) is 22.5. The van der Waals surface area contributed by atoms with Crippen molar-refractivity contribution in [3.05, 3.63) is 0 Å². The van der Waals surface area contributed by atoms with E-state index in [9.17, 15) is 15.0 Å². The summed E-state index contributed by atoms with van der Waals surface area (Å²) in [5.41, 5.74) is 0. The number of hydrogen-bond acceptors (Lipinski definition) is 5. The Morgan fingerprint density at radius 3 is 1.41 bits per heavy atom. The van der Waals surface area contributed by atoms with Crippen LogP contribution >= 0.6 is 0 Å². The molecule has 0 aliphatic heterocycles. The van der Waals surface area contributed by atoms with Gasteiger partial charge in [-0.2, -0.15) is 0 Å². The molecule has 0 spiro atoms. The van der Waals surface area contributed by atoms with E-state index in [0.717, 1.165) is 38.5 Å². The van der Waals surface area contributed by atoms with Gasteiger partial charge in [0.05, 0.1) is 18.8 Å². The molecular weight excluding hydrogens is 430 g/mol. The Bertz CT molecular complexity index is 407. The monoisotopic (exact) mass is 487 g/mol.